The van der Waals surface area contributed by atoms with Gasteiger partial charge in [-0.15, -0.1) is 11.3 Å². The minimum absolute atomic E-state index is 0.207. The summed E-state index contributed by atoms with van der Waals surface area (Å²) in [5, 5.41) is 0.975. The second kappa shape index (κ2) is 10.4. The van der Waals surface area contributed by atoms with Gasteiger partial charge in [-0.1, -0.05) is 30.3 Å². The number of para-hydroxylation sites is 1. The molecule has 0 aliphatic carbocycles. The maximum absolute atomic E-state index is 12.7. The Hall–Kier alpha value is -2.82. The summed E-state index contributed by atoms with van der Waals surface area (Å²) in [6.45, 7) is 0.615. The molecule has 3 aromatic rings. The van der Waals surface area contributed by atoms with Crippen LogP contribution in [0.1, 0.15) is 17.8 Å². The van der Waals surface area contributed by atoms with Crippen LogP contribution in [0.4, 0.5) is 0 Å². The van der Waals surface area contributed by atoms with Crippen molar-refractivity contribution < 1.29 is 22.7 Å². The highest BCUT2D eigenvalue weighted by Gasteiger charge is 2.30. The summed E-state index contributed by atoms with van der Waals surface area (Å²) in [6.07, 6.45) is 1.50. The summed E-state index contributed by atoms with van der Waals surface area (Å²) in [4.78, 5) is 30.8. The first-order chi connectivity index (χ1) is 15.9. The molecule has 2 aromatic carbocycles. The molecule has 8 nitrogen and oxygen atoms in total. The molecule has 0 atom stereocenters. The van der Waals surface area contributed by atoms with Gasteiger partial charge in [0.15, 0.2) is 6.61 Å². The van der Waals surface area contributed by atoms with Gasteiger partial charge < -0.3 is 9.64 Å². The molecule has 1 aliphatic rings. The topological polar surface area (TPSA) is 96.9 Å². The number of aryl methyl sites for hydroxylation is 1. The van der Waals surface area contributed by atoms with Crippen LogP contribution in [0.25, 0.3) is 10.2 Å². The number of hydrogen-bond donors (Lipinski definition) is 0. The molecule has 0 saturated carbocycles. The maximum Gasteiger partial charge on any atom is 0.306 e. The number of amides is 1. The Balaban J connectivity index is 1.17. The number of benzene rings is 2. The van der Waals surface area contributed by atoms with E-state index in [1.807, 2.05) is 24.3 Å². The number of thiazole rings is 1. The minimum Gasteiger partial charge on any atom is -0.456 e. The second-order valence-corrected chi connectivity index (χ2v) is 10.7. The summed E-state index contributed by atoms with van der Waals surface area (Å²) in [5.41, 5.74) is 0.960. The number of carbonyl (C=O) groups is 2. The average molecular weight is 488 g/mol. The van der Waals surface area contributed by atoms with Crippen molar-refractivity contribution >= 4 is 43.5 Å². The molecule has 0 bridgehead atoms. The number of rotatable bonds is 8. The van der Waals surface area contributed by atoms with E-state index < -0.39 is 16.0 Å². The van der Waals surface area contributed by atoms with Crippen LogP contribution in [-0.2, 0) is 30.8 Å². The zero-order valence-corrected chi connectivity index (χ0v) is 19.7. The Bertz CT molecular complexity index is 1190. The lowest BCUT2D eigenvalue weighted by Crippen LogP contribution is -2.51. The zero-order valence-electron chi connectivity index (χ0n) is 18.1. The van der Waals surface area contributed by atoms with Crippen molar-refractivity contribution in [2.24, 2.45) is 0 Å². The van der Waals surface area contributed by atoms with Crippen LogP contribution in [0.15, 0.2) is 59.5 Å². The van der Waals surface area contributed by atoms with Crippen LogP contribution in [-0.4, -0.2) is 67.3 Å². The van der Waals surface area contributed by atoms with Gasteiger partial charge in [0.25, 0.3) is 5.91 Å². The van der Waals surface area contributed by atoms with E-state index in [-0.39, 0.29) is 50.0 Å². The van der Waals surface area contributed by atoms with Gasteiger partial charge in [0, 0.05) is 32.6 Å². The molecule has 1 amide bonds. The van der Waals surface area contributed by atoms with E-state index in [0.717, 1.165) is 15.2 Å². The van der Waals surface area contributed by atoms with Gasteiger partial charge in [-0.2, -0.15) is 4.31 Å². The SMILES string of the molecule is O=C(CCCc1nc2ccccc2s1)OCC(=O)N1CCN(S(=O)(=O)c2ccccc2)CC1. The van der Waals surface area contributed by atoms with Gasteiger partial charge in [-0.05, 0) is 37.1 Å². The normalized spacial score (nSPS) is 15.0. The third-order valence-electron chi connectivity index (χ3n) is 5.44. The van der Waals surface area contributed by atoms with Crippen molar-refractivity contribution in [3.63, 3.8) is 0 Å². The van der Waals surface area contributed by atoms with E-state index in [0.29, 0.717) is 12.8 Å². The zero-order chi connectivity index (χ0) is 23.3. The number of nitrogens with zero attached hydrogens (tertiary/aromatic N) is 3. The Morgan fingerprint density at radius 1 is 0.970 bits per heavy atom. The van der Waals surface area contributed by atoms with Crippen LogP contribution in [0.3, 0.4) is 0 Å². The fourth-order valence-electron chi connectivity index (χ4n) is 3.64. The summed E-state index contributed by atoms with van der Waals surface area (Å²) in [6, 6.07) is 16.1. The first kappa shape index (κ1) is 23.3. The lowest BCUT2D eigenvalue weighted by Gasteiger charge is -2.33. The van der Waals surface area contributed by atoms with E-state index >= 15 is 0 Å². The molecular weight excluding hydrogens is 462 g/mol. The molecule has 1 saturated heterocycles. The Labute approximate surface area is 196 Å². The van der Waals surface area contributed by atoms with Crippen LogP contribution < -0.4 is 0 Å². The standard InChI is InChI=1S/C23H25N3O5S2/c27-22(25-13-15-26(16-14-25)33(29,30)18-7-2-1-3-8-18)17-31-23(28)12-6-11-21-24-19-9-4-5-10-20(19)32-21/h1-5,7-10H,6,11-17H2. The first-order valence-electron chi connectivity index (χ1n) is 10.8. The fraction of sp³-hybridized carbons (Fsp3) is 0.348. The third kappa shape index (κ3) is 5.76. The van der Waals surface area contributed by atoms with Crippen LogP contribution in [0.5, 0.6) is 0 Å². The molecule has 2 heterocycles. The monoisotopic (exact) mass is 487 g/mol. The Morgan fingerprint density at radius 2 is 1.67 bits per heavy atom. The summed E-state index contributed by atoms with van der Waals surface area (Å²) in [7, 11) is -3.57. The molecule has 1 aromatic heterocycles. The van der Waals surface area contributed by atoms with Crippen LogP contribution >= 0.6 is 11.3 Å². The number of esters is 1. The largest absolute Gasteiger partial charge is 0.456 e. The molecule has 0 spiro atoms. The predicted molar refractivity (Wildman–Crippen MR) is 125 cm³/mol. The minimum atomic E-state index is -3.57. The number of sulfonamides is 1. The van der Waals surface area contributed by atoms with E-state index in [2.05, 4.69) is 4.98 Å². The van der Waals surface area contributed by atoms with Gasteiger partial charge in [-0.25, -0.2) is 13.4 Å². The van der Waals surface area contributed by atoms with Crippen LogP contribution in [0.2, 0.25) is 0 Å². The maximum atomic E-state index is 12.7. The molecule has 0 N–H and O–H groups in total. The number of hydrogen-bond acceptors (Lipinski definition) is 7. The molecule has 0 unspecified atom stereocenters. The molecule has 174 valence electrons. The number of piperazine rings is 1. The van der Waals surface area contributed by atoms with Gasteiger partial charge in [0.2, 0.25) is 10.0 Å². The van der Waals surface area contributed by atoms with Crippen molar-refractivity contribution in [3.8, 4) is 0 Å². The summed E-state index contributed by atoms with van der Waals surface area (Å²) in [5.74, 6) is -0.735. The van der Waals surface area contributed by atoms with Crippen LogP contribution in [0, 0.1) is 0 Å². The number of carbonyl (C=O) groups excluding carboxylic acids is 2. The van der Waals surface area contributed by atoms with Crippen molar-refractivity contribution in [2.75, 3.05) is 32.8 Å². The number of aromatic nitrogens is 1. The highest BCUT2D eigenvalue weighted by atomic mass is 32.2. The average Bonchev–Trinajstić information content (AvgIpc) is 3.26. The van der Waals surface area contributed by atoms with Crippen molar-refractivity contribution in [2.45, 2.75) is 24.2 Å². The number of fused-ring (bicyclic) bond motifs is 1. The molecule has 0 radical (unpaired) electrons. The van der Waals surface area contributed by atoms with Gasteiger partial charge in [0.05, 0.1) is 20.1 Å². The number of ether oxygens (including phenoxy) is 1. The molecule has 1 fully saturated rings. The van der Waals surface area contributed by atoms with E-state index in [1.165, 1.54) is 9.21 Å². The molecule has 10 heteroatoms. The van der Waals surface area contributed by atoms with Gasteiger partial charge in [0.1, 0.15) is 0 Å². The third-order valence-corrected chi connectivity index (χ3v) is 8.45. The highest BCUT2D eigenvalue weighted by molar-refractivity contribution is 7.89. The smallest absolute Gasteiger partial charge is 0.306 e. The molecule has 1 aliphatic heterocycles. The summed E-state index contributed by atoms with van der Waals surface area (Å²) < 4.78 is 33.0. The quantitative estimate of drug-likeness (QED) is 0.453. The molecule has 4 rings (SSSR count). The van der Waals surface area contributed by atoms with Crippen molar-refractivity contribution in [1.29, 1.82) is 0 Å². The molecule has 33 heavy (non-hydrogen) atoms. The van der Waals surface area contributed by atoms with E-state index in [4.69, 9.17) is 4.74 Å². The summed E-state index contributed by atoms with van der Waals surface area (Å²) >= 11 is 1.62. The Morgan fingerprint density at radius 3 is 2.39 bits per heavy atom. The van der Waals surface area contributed by atoms with E-state index in [1.54, 1.807) is 41.7 Å². The fourth-order valence-corrected chi connectivity index (χ4v) is 6.09. The Kier molecular flexibility index (Phi) is 7.36. The molecular formula is C23H25N3O5S2. The van der Waals surface area contributed by atoms with E-state index in [9.17, 15) is 18.0 Å². The second-order valence-electron chi connectivity index (χ2n) is 7.69. The lowest BCUT2D eigenvalue weighted by atomic mass is 10.2. The first-order valence-corrected chi connectivity index (χ1v) is 13.0. The van der Waals surface area contributed by atoms with Crippen molar-refractivity contribution in [3.05, 3.63) is 59.6 Å². The van der Waals surface area contributed by atoms with Gasteiger partial charge in [-0.3, -0.25) is 9.59 Å². The van der Waals surface area contributed by atoms with Crippen molar-refractivity contribution in [1.82, 2.24) is 14.2 Å². The lowest BCUT2D eigenvalue weighted by molar-refractivity contribution is -0.152. The predicted octanol–water partition coefficient (Wildman–Crippen LogP) is 2.70. The van der Waals surface area contributed by atoms with Gasteiger partial charge >= 0.3 is 5.97 Å². The highest BCUT2D eigenvalue weighted by Crippen LogP contribution is 2.23.